The van der Waals surface area contributed by atoms with E-state index in [0.29, 0.717) is 28.2 Å². The number of aromatic hydroxyl groups is 2. The summed E-state index contributed by atoms with van der Waals surface area (Å²) in [5, 5.41) is 21.8. The zero-order chi connectivity index (χ0) is 19.8. The lowest BCUT2D eigenvalue weighted by Gasteiger charge is -2.42. The van der Waals surface area contributed by atoms with Gasteiger partial charge in [0, 0.05) is 34.2 Å². The van der Waals surface area contributed by atoms with Crippen LogP contribution in [0.2, 0.25) is 0 Å². The van der Waals surface area contributed by atoms with Gasteiger partial charge in [-0.25, -0.2) is 4.79 Å². The summed E-state index contributed by atoms with van der Waals surface area (Å²) < 4.78 is 12.2. The maximum Gasteiger partial charge on any atom is 0.340 e. The number of esters is 1. The number of benzene rings is 4. The van der Waals surface area contributed by atoms with Crippen LogP contribution in [0.15, 0.2) is 72.8 Å². The number of phenols is 2. The molecule has 5 heteroatoms. The molecule has 2 aliphatic heterocycles. The first-order chi connectivity index (χ1) is 14.1. The topological polar surface area (TPSA) is 76.0 Å². The van der Waals surface area contributed by atoms with Gasteiger partial charge < -0.3 is 19.7 Å². The molecule has 0 fully saturated rings. The van der Waals surface area contributed by atoms with Crippen molar-refractivity contribution >= 4 is 16.7 Å². The fourth-order valence-corrected chi connectivity index (χ4v) is 4.49. The van der Waals surface area contributed by atoms with Crippen LogP contribution < -0.4 is 4.74 Å². The molecule has 2 aliphatic rings. The van der Waals surface area contributed by atoms with Crippen LogP contribution in [0.4, 0.5) is 0 Å². The van der Waals surface area contributed by atoms with Gasteiger partial charge in [0.2, 0.25) is 0 Å². The molecule has 29 heavy (non-hydrogen) atoms. The molecule has 0 unspecified atom stereocenters. The molecule has 0 radical (unpaired) electrons. The minimum Gasteiger partial charge on any atom is -0.508 e. The fourth-order valence-electron chi connectivity index (χ4n) is 4.49. The third-order valence-corrected chi connectivity index (χ3v) is 5.66. The molecule has 2 N–H and O–H groups in total. The van der Waals surface area contributed by atoms with Crippen LogP contribution in [0.5, 0.6) is 23.0 Å². The van der Waals surface area contributed by atoms with E-state index in [1.165, 1.54) is 12.1 Å². The third kappa shape index (κ3) is 1.96. The minimum absolute atomic E-state index is 0.0308. The maximum atomic E-state index is 13.1. The lowest BCUT2D eigenvalue weighted by molar-refractivity contribution is 0.00957. The highest BCUT2D eigenvalue weighted by Gasteiger charge is 2.51. The predicted molar refractivity (Wildman–Crippen MR) is 106 cm³/mol. The van der Waals surface area contributed by atoms with Crippen molar-refractivity contribution in [3.63, 3.8) is 0 Å². The normalized spacial score (nSPS) is 15.4. The van der Waals surface area contributed by atoms with Crippen molar-refractivity contribution in [2.75, 3.05) is 0 Å². The zero-order valence-corrected chi connectivity index (χ0v) is 15.0. The molecule has 6 rings (SSSR count). The summed E-state index contributed by atoms with van der Waals surface area (Å²) in [6.45, 7) is 0. The van der Waals surface area contributed by atoms with Crippen LogP contribution in [0.1, 0.15) is 27.0 Å². The highest BCUT2D eigenvalue weighted by atomic mass is 16.6. The van der Waals surface area contributed by atoms with Crippen LogP contribution in [0.25, 0.3) is 10.8 Å². The van der Waals surface area contributed by atoms with E-state index < -0.39 is 11.6 Å². The van der Waals surface area contributed by atoms with Crippen LogP contribution in [-0.2, 0) is 10.3 Å². The van der Waals surface area contributed by atoms with Gasteiger partial charge in [0.15, 0.2) is 5.60 Å². The van der Waals surface area contributed by atoms with Crippen LogP contribution in [0, 0.1) is 0 Å². The Hall–Kier alpha value is -3.99. The Morgan fingerprint density at radius 1 is 0.724 bits per heavy atom. The molecular formula is C24H14O5. The summed E-state index contributed by atoms with van der Waals surface area (Å²) in [7, 11) is 0. The number of ether oxygens (including phenoxy) is 2. The first-order valence-corrected chi connectivity index (χ1v) is 9.18. The van der Waals surface area contributed by atoms with Crippen molar-refractivity contribution in [1.82, 2.24) is 0 Å². The first-order valence-electron chi connectivity index (χ1n) is 9.18. The molecule has 0 amide bonds. The molecule has 0 aromatic heterocycles. The van der Waals surface area contributed by atoms with Gasteiger partial charge in [0.1, 0.15) is 23.0 Å². The summed E-state index contributed by atoms with van der Waals surface area (Å²) in [5.41, 5.74) is 1.30. The molecule has 4 aromatic carbocycles. The molecule has 0 saturated carbocycles. The van der Waals surface area contributed by atoms with Crippen molar-refractivity contribution in [3.05, 3.63) is 95.1 Å². The summed E-state index contributed by atoms with van der Waals surface area (Å²) in [6, 6.07) is 20.9. The monoisotopic (exact) mass is 382 g/mol. The van der Waals surface area contributed by atoms with E-state index in [-0.39, 0.29) is 11.5 Å². The average molecular weight is 382 g/mol. The molecule has 4 aromatic rings. The molecule has 0 atom stereocenters. The molecule has 140 valence electrons. The van der Waals surface area contributed by atoms with Crippen molar-refractivity contribution in [2.45, 2.75) is 5.60 Å². The second-order valence-electron chi connectivity index (χ2n) is 7.24. The van der Waals surface area contributed by atoms with Gasteiger partial charge in [-0.3, -0.25) is 0 Å². The Labute approximate surface area is 165 Å². The fraction of sp³-hybridized carbons (Fsp3) is 0.0417. The molecule has 1 spiro atoms. The summed E-state index contributed by atoms with van der Waals surface area (Å²) >= 11 is 0. The standard InChI is InChI=1S/C24H14O5/c25-14-7-9-17-20(11-14)28-21-12-15(26)8-10-18(21)24(17)19-6-2-4-13-3-1-5-16(22(13)19)23(27)29-24/h1-12,25-26H. The average Bonchev–Trinajstić information content (AvgIpc) is 2.71. The Balaban J connectivity index is 1.82. The Bertz CT molecular complexity index is 1300. The highest BCUT2D eigenvalue weighted by molar-refractivity contribution is 6.09. The Morgan fingerprint density at radius 2 is 1.34 bits per heavy atom. The van der Waals surface area contributed by atoms with E-state index in [1.807, 2.05) is 30.3 Å². The van der Waals surface area contributed by atoms with E-state index in [2.05, 4.69) is 0 Å². The molecule has 0 bridgehead atoms. The van der Waals surface area contributed by atoms with Crippen LogP contribution in [0.3, 0.4) is 0 Å². The van der Waals surface area contributed by atoms with Crippen molar-refractivity contribution in [3.8, 4) is 23.0 Å². The molecular weight excluding hydrogens is 368 g/mol. The number of phenolic OH excluding ortho intramolecular Hbond substituents is 2. The minimum atomic E-state index is -1.25. The molecule has 0 aliphatic carbocycles. The zero-order valence-electron chi connectivity index (χ0n) is 15.0. The summed E-state index contributed by atoms with van der Waals surface area (Å²) in [4.78, 5) is 13.1. The van der Waals surface area contributed by atoms with E-state index in [1.54, 1.807) is 30.3 Å². The van der Waals surface area contributed by atoms with Gasteiger partial charge in [-0.1, -0.05) is 30.3 Å². The number of hydrogen-bond acceptors (Lipinski definition) is 5. The second-order valence-corrected chi connectivity index (χ2v) is 7.24. The SMILES string of the molecule is O=C1OC2(c3ccc(O)cc3Oc3cc(O)ccc32)c2cccc3cccc1c23. The van der Waals surface area contributed by atoms with Crippen LogP contribution in [-0.4, -0.2) is 16.2 Å². The number of carbonyl (C=O) groups excluding carboxylic acids is 1. The van der Waals surface area contributed by atoms with E-state index in [9.17, 15) is 15.0 Å². The lowest BCUT2D eigenvalue weighted by Crippen LogP contribution is -2.40. The van der Waals surface area contributed by atoms with Crippen molar-refractivity contribution in [2.24, 2.45) is 0 Å². The highest BCUT2D eigenvalue weighted by Crippen LogP contribution is 2.56. The van der Waals surface area contributed by atoms with Crippen LogP contribution >= 0.6 is 0 Å². The van der Waals surface area contributed by atoms with E-state index in [4.69, 9.17) is 9.47 Å². The van der Waals surface area contributed by atoms with Gasteiger partial charge in [0.05, 0.1) is 5.56 Å². The number of fused-ring (bicyclic) bond motifs is 5. The van der Waals surface area contributed by atoms with E-state index >= 15 is 0 Å². The first kappa shape index (κ1) is 16.0. The third-order valence-electron chi connectivity index (χ3n) is 5.66. The largest absolute Gasteiger partial charge is 0.508 e. The van der Waals surface area contributed by atoms with Crippen molar-refractivity contribution < 1.29 is 24.5 Å². The lowest BCUT2D eigenvalue weighted by atomic mass is 9.74. The Kier molecular flexibility index (Phi) is 2.92. The van der Waals surface area contributed by atoms with Gasteiger partial charge in [-0.2, -0.15) is 0 Å². The molecule has 0 saturated heterocycles. The van der Waals surface area contributed by atoms with E-state index in [0.717, 1.165) is 16.3 Å². The smallest absolute Gasteiger partial charge is 0.340 e. The Morgan fingerprint density at radius 3 is 2.00 bits per heavy atom. The quantitative estimate of drug-likeness (QED) is 0.427. The number of carbonyl (C=O) groups is 1. The summed E-state index contributed by atoms with van der Waals surface area (Å²) in [5.74, 6) is 0.361. The maximum absolute atomic E-state index is 13.1. The van der Waals surface area contributed by atoms with Crippen molar-refractivity contribution in [1.29, 1.82) is 0 Å². The van der Waals surface area contributed by atoms with Gasteiger partial charge >= 0.3 is 5.97 Å². The molecule has 2 heterocycles. The van der Waals surface area contributed by atoms with Gasteiger partial charge in [0.25, 0.3) is 0 Å². The predicted octanol–water partition coefficient (Wildman–Crippen LogP) is 4.82. The number of rotatable bonds is 0. The number of hydrogen-bond donors (Lipinski definition) is 2. The summed E-state index contributed by atoms with van der Waals surface area (Å²) in [6.07, 6.45) is 0. The van der Waals surface area contributed by atoms with Gasteiger partial charge in [-0.15, -0.1) is 0 Å². The second kappa shape index (κ2) is 5.29. The molecule has 5 nitrogen and oxygen atoms in total. The van der Waals surface area contributed by atoms with Gasteiger partial charge in [-0.05, 0) is 35.7 Å².